The number of hydrogen-bond acceptors (Lipinski definition) is 4. The number of carbonyl (C=O) groups excluding carboxylic acids is 1. The van der Waals surface area contributed by atoms with Crippen LogP contribution >= 0.6 is 0 Å². The number of hydrogen-bond donors (Lipinski definition) is 3. The molecular formula is C15H19FN2O5S. The third-order valence-electron chi connectivity index (χ3n) is 3.97. The highest BCUT2D eigenvalue weighted by Crippen LogP contribution is 2.34. The van der Waals surface area contributed by atoms with Gasteiger partial charge in [-0.15, -0.1) is 0 Å². The Morgan fingerprint density at radius 1 is 1.21 bits per heavy atom. The van der Waals surface area contributed by atoms with Crippen LogP contribution in [0.1, 0.15) is 32.1 Å². The second-order valence-electron chi connectivity index (χ2n) is 5.85. The van der Waals surface area contributed by atoms with Crippen molar-refractivity contribution in [2.75, 3.05) is 6.54 Å². The molecule has 0 unspecified atom stereocenters. The molecule has 2 rings (SSSR count). The van der Waals surface area contributed by atoms with Crippen molar-refractivity contribution >= 4 is 21.9 Å². The summed E-state index contributed by atoms with van der Waals surface area (Å²) < 4.78 is 39.0. The molecule has 9 heteroatoms. The van der Waals surface area contributed by atoms with Gasteiger partial charge in [-0.2, -0.15) is 0 Å². The van der Waals surface area contributed by atoms with Crippen molar-refractivity contribution in [3.63, 3.8) is 0 Å². The molecule has 0 radical (unpaired) electrons. The van der Waals surface area contributed by atoms with E-state index in [1.54, 1.807) is 0 Å². The number of carbonyl (C=O) groups is 2. The minimum Gasteiger partial charge on any atom is -0.481 e. The first kappa shape index (κ1) is 18.3. The number of carboxylic acids is 1. The van der Waals surface area contributed by atoms with Crippen LogP contribution in [0.15, 0.2) is 29.2 Å². The van der Waals surface area contributed by atoms with Crippen molar-refractivity contribution in [1.29, 1.82) is 0 Å². The zero-order chi connectivity index (χ0) is 17.8. The Hall–Kier alpha value is -2.00. The predicted molar refractivity (Wildman–Crippen MR) is 83.2 cm³/mol. The number of nitrogens with one attached hydrogen (secondary N) is 2. The second-order valence-corrected chi connectivity index (χ2v) is 7.62. The lowest BCUT2D eigenvalue weighted by Gasteiger charge is -2.41. The van der Waals surface area contributed by atoms with Gasteiger partial charge in [-0.05, 0) is 43.5 Å². The van der Waals surface area contributed by atoms with Crippen molar-refractivity contribution in [2.45, 2.75) is 42.5 Å². The smallest absolute Gasteiger partial charge is 0.305 e. The van der Waals surface area contributed by atoms with E-state index in [4.69, 9.17) is 5.11 Å². The Morgan fingerprint density at radius 3 is 2.33 bits per heavy atom. The third-order valence-corrected chi connectivity index (χ3v) is 5.45. The molecule has 0 saturated heterocycles. The number of rotatable bonds is 8. The van der Waals surface area contributed by atoms with Crippen LogP contribution in [0.4, 0.5) is 4.39 Å². The third kappa shape index (κ3) is 4.75. The van der Waals surface area contributed by atoms with Crippen molar-refractivity contribution in [3.05, 3.63) is 30.1 Å². The summed E-state index contributed by atoms with van der Waals surface area (Å²) in [5, 5.41) is 11.6. The van der Waals surface area contributed by atoms with Gasteiger partial charge in [0.25, 0.3) is 0 Å². The van der Waals surface area contributed by atoms with E-state index in [2.05, 4.69) is 10.0 Å². The molecule has 24 heavy (non-hydrogen) atoms. The molecule has 1 aliphatic carbocycles. The van der Waals surface area contributed by atoms with Gasteiger partial charge in [0.05, 0.1) is 16.9 Å². The first-order valence-corrected chi connectivity index (χ1v) is 8.99. The summed E-state index contributed by atoms with van der Waals surface area (Å²) in [6.45, 7) is -0.130. The first-order chi connectivity index (χ1) is 11.2. The summed E-state index contributed by atoms with van der Waals surface area (Å²) in [4.78, 5) is 22.7. The molecule has 0 aromatic heterocycles. The minimum absolute atomic E-state index is 0.0920. The average molecular weight is 358 g/mol. The summed E-state index contributed by atoms with van der Waals surface area (Å²) in [6.07, 6.45) is 1.81. The fourth-order valence-corrected chi connectivity index (χ4v) is 3.63. The Kier molecular flexibility index (Phi) is 5.55. The highest BCUT2D eigenvalue weighted by molar-refractivity contribution is 7.89. The topological polar surface area (TPSA) is 113 Å². The van der Waals surface area contributed by atoms with Crippen LogP contribution in [0.3, 0.4) is 0 Å². The van der Waals surface area contributed by atoms with E-state index in [1.165, 1.54) is 0 Å². The number of benzene rings is 1. The molecule has 0 spiro atoms. The maximum absolute atomic E-state index is 12.8. The summed E-state index contributed by atoms with van der Waals surface area (Å²) in [5.41, 5.74) is -0.710. The normalized spacial score (nSPS) is 16.2. The number of amides is 1. The minimum atomic E-state index is -3.82. The first-order valence-electron chi connectivity index (χ1n) is 7.51. The number of sulfonamides is 1. The molecule has 0 atom stereocenters. The van der Waals surface area contributed by atoms with E-state index in [0.717, 1.165) is 30.7 Å². The van der Waals surface area contributed by atoms with Gasteiger partial charge in [0.2, 0.25) is 15.9 Å². The maximum Gasteiger partial charge on any atom is 0.305 e. The zero-order valence-corrected chi connectivity index (χ0v) is 13.7. The molecule has 1 saturated carbocycles. The zero-order valence-electron chi connectivity index (χ0n) is 12.9. The fourth-order valence-electron chi connectivity index (χ4n) is 2.59. The summed E-state index contributed by atoms with van der Waals surface area (Å²) in [6, 6.07) is 4.34. The number of halogens is 1. The largest absolute Gasteiger partial charge is 0.481 e. The van der Waals surface area contributed by atoms with Gasteiger partial charge >= 0.3 is 5.97 Å². The van der Waals surface area contributed by atoms with Gasteiger partial charge in [0.15, 0.2) is 0 Å². The molecule has 1 amide bonds. The highest BCUT2D eigenvalue weighted by Gasteiger charge is 2.40. The van der Waals surface area contributed by atoms with E-state index in [9.17, 15) is 22.4 Å². The van der Waals surface area contributed by atoms with Gasteiger partial charge in [0, 0.05) is 13.0 Å². The predicted octanol–water partition coefficient (Wildman–Crippen LogP) is 1.01. The van der Waals surface area contributed by atoms with E-state index in [-0.39, 0.29) is 24.3 Å². The van der Waals surface area contributed by atoms with Gasteiger partial charge in [-0.1, -0.05) is 0 Å². The van der Waals surface area contributed by atoms with Crippen LogP contribution in [-0.2, 0) is 19.6 Å². The highest BCUT2D eigenvalue weighted by atomic mass is 32.2. The Morgan fingerprint density at radius 2 is 1.83 bits per heavy atom. The quantitative estimate of drug-likeness (QED) is 0.642. The lowest BCUT2D eigenvalue weighted by molar-refractivity contribution is -0.140. The lowest BCUT2D eigenvalue weighted by Crippen LogP contribution is -2.55. The standard InChI is InChI=1S/C15H19FN2O5S/c16-11-2-4-12(5-3-11)24(22,23)17-9-6-13(19)18-15(7-1-8-15)10-14(20)21/h2-5,17H,1,6-10H2,(H,18,19)(H,20,21). The molecule has 1 aliphatic rings. The van der Waals surface area contributed by atoms with Crippen LogP contribution in [-0.4, -0.2) is 37.5 Å². The molecule has 0 heterocycles. The fraction of sp³-hybridized carbons (Fsp3) is 0.467. The summed E-state index contributed by atoms with van der Waals surface area (Å²) >= 11 is 0. The van der Waals surface area contributed by atoms with Crippen LogP contribution in [0.5, 0.6) is 0 Å². The van der Waals surface area contributed by atoms with Crippen LogP contribution in [0, 0.1) is 5.82 Å². The molecule has 132 valence electrons. The van der Waals surface area contributed by atoms with Crippen LogP contribution in [0.25, 0.3) is 0 Å². The molecule has 3 N–H and O–H groups in total. The van der Waals surface area contributed by atoms with E-state index in [0.29, 0.717) is 12.8 Å². The van der Waals surface area contributed by atoms with E-state index in [1.807, 2.05) is 0 Å². The Labute approximate surface area is 139 Å². The Bertz CT molecular complexity index is 714. The van der Waals surface area contributed by atoms with Crippen molar-refractivity contribution in [2.24, 2.45) is 0 Å². The van der Waals surface area contributed by atoms with E-state index < -0.39 is 33.3 Å². The lowest BCUT2D eigenvalue weighted by atomic mass is 9.74. The van der Waals surface area contributed by atoms with Crippen LogP contribution < -0.4 is 10.0 Å². The molecule has 1 aromatic rings. The second kappa shape index (κ2) is 7.27. The molecule has 1 aromatic carbocycles. The molecule has 0 aliphatic heterocycles. The Balaban J connectivity index is 1.84. The van der Waals surface area contributed by atoms with E-state index >= 15 is 0 Å². The van der Waals surface area contributed by atoms with Crippen molar-refractivity contribution in [1.82, 2.24) is 10.0 Å². The SMILES string of the molecule is O=C(O)CC1(NC(=O)CCNS(=O)(=O)c2ccc(F)cc2)CCC1. The monoisotopic (exact) mass is 358 g/mol. The molecule has 0 bridgehead atoms. The van der Waals surface area contributed by atoms with Gasteiger partial charge in [-0.3, -0.25) is 9.59 Å². The average Bonchev–Trinajstić information content (AvgIpc) is 2.44. The maximum atomic E-state index is 12.8. The van der Waals surface area contributed by atoms with Gasteiger partial charge in [0.1, 0.15) is 5.82 Å². The van der Waals surface area contributed by atoms with Crippen molar-refractivity contribution < 1.29 is 27.5 Å². The molecule has 1 fully saturated rings. The summed E-state index contributed by atoms with van der Waals surface area (Å²) in [7, 11) is -3.82. The van der Waals surface area contributed by atoms with Gasteiger partial charge in [-0.25, -0.2) is 17.5 Å². The number of aliphatic carboxylic acids is 1. The summed E-state index contributed by atoms with van der Waals surface area (Å²) in [5.74, 6) is -1.93. The van der Waals surface area contributed by atoms with Crippen LogP contribution in [0.2, 0.25) is 0 Å². The van der Waals surface area contributed by atoms with Gasteiger partial charge < -0.3 is 10.4 Å². The number of carboxylic acid groups (broad SMARTS) is 1. The van der Waals surface area contributed by atoms with Crippen molar-refractivity contribution in [3.8, 4) is 0 Å². The molecule has 7 nitrogen and oxygen atoms in total. The molecular weight excluding hydrogens is 339 g/mol.